The summed E-state index contributed by atoms with van der Waals surface area (Å²) < 4.78 is 7.34. The Kier molecular flexibility index (Phi) is 6.67. The number of nitrogens with zero attached hydrogens (tertiary/aromatic N) is 3. The number of carbonyl (C=O) groups excluding carboxylic acids is 1. The maximum absolute atomic E-state index is 13.4. The van der Waals surface area contributed by atoms with Crippen LogP contribution in [0.5, 0.6) is 11.6 Å². The summed E-state index contributed by atoms with van der Waals surface area (Å²) in [6.07, 6.45) is 2.78. The third-order valence-electron chi connectivity index (χ3n) is 5.32. The number of aromatic nitrogens is 2. The van der Waals surface area contributed by atoms with Gasteiger partial charge in [-0.1, -0.05) is 29.8 Å². The Hall–Kier alpha value is -4.41. The first kappa shape index (κ1) is 23.7. The van der Waals surface area contributed by atoms with Crippen LogP contribution in [-0.2, 0) is 4.79 Å². The SMILES string of the molecule is Cc1cccc(NC(=O)/C(C#N)=C\c2c(Oc3ccc(Cl)c(C)c3)nc3c(C)cccn3c2=O)c1. The highest BCUT2D eigenvalue weighted by Gasteiger charge is 2.18. The summed E-state index contributed by atoms with van der Waals surface area (Å²) in [7, 11) is 0. The summed E-state index contributed by atoms with van der Waals surface area (Å²) in [6, 6.07) is 17.6. The average molecular weight is 485 g/mol. The van der Waals surface area contributed by atoms with Crippen molar-refractivity contribution in [2.45, 2.75) is 20.8 Å². The van der Waals surface area contributed by atoms with Gasteiger partial charge in [0, 0.05) is 16.9 Å². The van der Waals surface area contributed by atoms with Crippen molar-refractivity contribution in [3.05, 3.63) is 104 Å². The maximum Gasteiger partial charge on any atom is 0.269 e. The molecular formula is C27H21ClN4O3. The van der Waals surface area contributed by atoms with Crippen molar-refractivity contribution in [1.29, 1.82) is 5.26 Å². The van der Waals surface area contributed by atoms with Crippen molar-refractivity contribution in [3.63, 3.8) is 0 Å². The smallest absolute Gasteiger partial charge is 0.269 e. The third-order valence-corrected chi connectivity index (χ3v) is 5.75. The van der Waals surface area contributed by atoms with Crippen LogP contribution in [0.1, 0.15) is 22.3 Å². The molecule has 2 aromatic carbocycles. The van der Waals surface area contributed by atoms with Crippen LogP contribution in [-0.4, -0.2) is 15.3 Å². The number of nitrogens with one attached hydrogen (secondary N) is 1. The quantitative estimate of drug-likeness (QED) is 0.293. The van der Waals surface area contributed by atoms with Gasteiger partial charge < -0.3 is 10.1 Å². The Labute approximate surface area is 206 Å². The maximum atomic E-state index is 13.4. The fourth-order valence-corrected chi connectivity index (χ4v) is 3.62. The normalized spacial score (nSPS) is 11.2. The molecule has 0 saturated heterocycles. The first-order chi connectivity index (χ1) is 16.8. The van der Waals surface area contributed by atoms with Gasteiger partial charge in [-0.15, -0.1) is 0 Å². The lowest BCUT2D eigenvalue weighted by Crippen LogP contribution is -2.20. The average Bonchev–Trinajstić information content (AvgIpc) is 2.82. The van der Waals surface area contributed by atoms with E-state index in [4.69, 9.17) is 16.3 Å². The van der Waals surface area contributed by atoms with Gasteiger partial charge in [-0.2, -0.15) is 10.2 Å². The first-order valence-electron chi connectivity index (χ1n) is 10.7. The first-order valence-corrected chi connectivity index (χ1v) is 11.1. The van der Waals surface area contributed by atoms with Gasteiger partial charge in [0.2, 0.25) is 5.88 Å². The second kappa shape index (κ2) is 9.84. The van der Waals surface area contributed by atoms with Crippen molar-refractivity contribution >= 4 is 34.9 Å². The molecule has 35 heavy (non-hydrogen) atoms. The number of fused-ring (bicyclic) bond motifs is 1. The third kappa shape index (κ3) is 5.08. The minimum atomic E-state index is -0.653. The number of rotatable bonds is 5. The highest BCUT2D eigenvalue weighted by molar-refractivity contribution is 6.31. The Morgan fingerprint density at radius 2 is 1.91 bits per heavy atom. The van der Waals surface area contributed by atoms with Gasteiger partial charge >= 0.3 is 0 Å². The molecule has 4 aromatic rings. The highest BCUT2D eigenvalue weighted by Crippen LogP contribution is 2.28. The predicted octanol–water partition coefficient (Wildman–Crippen LogP) is 5.61. The number of benzene rings is 2. The summed E-state index contributed by atoms with van der Waals surface area (Å²) >= 11 is 6.12. The van der Waals surface area contributed by atoms with Crippen molar-refractivity contribution < 1.29 is 9.53 Å². The molecule has 0 aliphatic carbocycles. The van der Waals surface area contributed by atoms with E-state index >= 15 is 0 Å². The van der Waals surface area contributed by atoms with Crippen LogP contribution >= 0.6 is 11.6 Å². The van der Waals surface area contributed by atoms with Gasteiger partial charge in [0.05, 0.1) is 0 Å². The van der Waals surface area contributed by atoms with E-state index in [1.807, 2.05) is 39.0 Å². The molecule has 0 fully saturated rings. The van der Waals surface area contributed by atoms with Crippen molar-refractivity contribution in [2.75, 3.05) is 5.32 Å². The molecule has 4 rings (SSSR count). The zero-order chi connectivity index (χ0) is 25.1. The van der Waals surface area contributed by atoms with E-state index in [0.29, 0.717) is 22.1 Å². The lowest BCUT2D eigenvalue weighted by molar-refractivity contribution is -0.112. The minimum Gasteiger partial charge on any atom is -0.438 e. The number of carbonyl (C=O) groups is 1. The number of hydrogen-bond acceptors (Lipinski definition) is 5. The number of pyridine rings is 1. The van der Waals surface area contributed by atoms with Gasteiger partial charge in [0.15, 0.2) is 0 Å². The monoisotopic (exact) mass is 484 g/mol. The molecule has 8 heteroatoms. The number of aryl methyl sites for hydroxylation is 3. The van der Waals surface area contributed by atoms with E-state index in [1.54, 1.807) is 48.7 Å². The number of ether oxygens (including phenoxy) is 1. The summed E-state index contributed by atoms with van der Waals surface area (Å²) in [6.45, 7) is 5.54. The molecule has 0 aliphatic rings. The highest BCUT2D eigenvalue weighted by atomic mass is 35.5. The molecule has 0 unspecified atom stereocenters. The Balaban J connectivity index is 1.84. The summed E-state index contributed by atoms with van der Waals surface area (Å²) in [5.74, 6) is -0.267. The topological polar surface area (TPSA) is 96.5 Å². The number of anilines is 1. The second-order valence-corrected chi connectivity index (χ2v) is 8.43. The zero-order valence-electron chi connectivity index (χ0n) is 19.3. The fourth-order valence-electron chi connectivity index (χ4n) is 3.50. The van der Waals surface area contributed by atoms with Crippen LogP contribution < -0.4 is 15.6 Å². The molecule has 1 amide bonds. The van der Waals surface area contributed by atoms with Crippen molar-refractivity contribution in [3.8, 4) is 17.7 Å². The van der Waals surface area contributed by atoms with Gasteiger partial charge in [-0.05, 0) is 79.9 Å². The lowest BCUT2D eigenvalue weighted by Gasteiger charge is -2.12. The molecule has 2 heterocycles. The van der Waals surface area contributed by atoms with E-state index in [0.717, 1.165) is 16.7 Å². The number of halogens is 1. The molecule has 174 valence electrons. The van der Waals surface area contributed by atoms with E-state index in [1.165, 1.54) is 10.5 Å². The van der Waals surface area contributed by atoms with E-state index in [9.17, 15) is 14.9 Å². The lowest BCUT2D eigenvalue weighted by atomic mass is 10.1. The van der Waals surface area contributed by atoms with Crippen molar-refractivity contribution in [2.24, 2.45) is 0 Å². The molecule has 1 N–H and O–H groups in total. The summed E-state index contributed by atoms with van der Waals surface area (Å²) in [4.78, 5) is 30.8. The molecule has 0 bridgehead atoms. The molecule has 0 aliphatic heterocycles. The van der Waals surface area contributed by atoms with Crippen LogP contribution in [0, 0.1) is 32.1 Å². The zero-order valence-corrected chi connectivity index (χ0v) is 20.1. The molecule has 2 aromatic heterocycles. The number of nitriles is 1. The predicted molar refractivity (Wildman–Crippen MR) is 136 cm³/mol. The van der Waals surface area contributed by atoms with Crippen LogP contribution in [0.25, 0.3) is 11.7 Å². The minimum absolute atomic E-state index is 0.0258. The Morgan fingerprint density at radius 1 is 1.11 bits per heavy atom. The Bertz CT molecular complexity index is 1600. The van der Waals surface area contributed by atoms with Gasteiger partial charge in [0.1, 0.15) is 28.6 Å². The van der Waals surface area contributed by atoms with E-state index < -0.39 is 11.5 Å². The van der Waals surface area contributed by atoms with Crippen LogP contribution in [0.15, 0.2) is 71.2 Å². The molecule has 7 nitrogen and oxygen atoms in total. The molecule has 0 spiro atoms. The molecule has 0 saturated carbocycles. The molecule has 0 atom stereocenters. The van der Waals surface area contributed by atoms with Crippen molar-refractivity contribution in [1.82, 2.24) is 9.38 Å². The van der Waals surface area contributed by atoms with Crippen LogP contribution in [0.2, 0.25) is 5.02 Å². The number of amides is 1. The molecular weight excluding hydrogens is 464 g/mol. The Morgan fingerprint density at radius 3 is 2.63 bits per heavy atom. The van der Waals surface area contributed by atoms with Gasteiger partial charge in [-0.3, -0.25) is 14.0 Å². The van der Waals surface area contributed by atoms with Crippen LogP contribution in [0.4, 0.5) is 5.69 Å². The van der Waals surface area contributed by atoms with Gasteiger partial charge in [-0.25, -0.2) is 0 Å². The van der Waals surface area contributed by atoms with E-state index in [2.05, 4.69) is 10.3 Å². The summed E-state index contributed by atoms with van der Waals surface area (Å²) in [5, 5.41) is 13.0. The summed E-state index contributed by atoms with van der Waals surface area (Å²) in [5.41, 5.74) is 2.65. The largest absolute Gasteiger partial charge is 0.438 e. The standard InChI is InChI=1S/C27H21ClN4O3/c1-16-6-4-8-20(12-16)30-25(33)19(15-29)14-22-26(35-21-9-10-23(28)18(3)13-21)31-24-17(2)7-5-11-32(24)27(22)34/h4-14H,1-3H3,(H,30,33)/b19-14-. The molecule has 0 radical (unpaired) electrons. The van der Waals surface area contributed by atoms with Crippen LogP contribution in [0.3, 0.4) is 0 Å². The second-order valence-electron chi connectivity index (χ2n) is 8.03. The van der Waals surface area contributed by atoms with Gasteiger partial charge in [0.25, 0.3) is 11.5 Å². The fraction of sp³-hybridized carbons (Fsp3) is 0.111. The number of hydrogen-bond donors (Lipinski definition) is 1. The van der Waals surface area contributed by atoms with E-state index in [-0.39, 0.29) is 17.0 Å².